The standard InChI is InChI=1S/C14H24N2O2/c1-2-17-8-9-18-13-4-3-7-14(10-13,11-15)16-12-5-6-12/h12-13,16H,2-10H2,1H3. The lowest BCUT2D eigenvalue weighted by Gasteiger charge is -2.36. The van der Waals surface area contributed by atoms with Crippen LogP contribution in [0.5, 0.6) is 0 Å². The Balaban J connectivity index is 1.77. The summed E-state index contributed by atoms with van der Waals surface area (Å²) < 4.78 is 11.1. The Kier molecular flexibility index (Phi) is 4.99. The minimum atomic E-state index is -0.338. The molecule has 0 heterocycles. The fourth-order valence-corrected chi connectivity index (χ4v) is 2.67. The summed E-state index contributed by atoms with van der Waals surface area (Å²) in [7, 11) is 0. The lowest BCUT2D eigenvalue weighted by molar-refractivity contribution is -0.0206. The monoisotopic (exact) mass is 252 g/mol. The summed E-state index contributed by atoms with van der Waals surface area (Å²) in [4.78, 5) is 0. The highest BCUT2D eigenvalue weighted by Crippen LogP contribution is 2.33. The third-order valence-electron chi connectivity index (χ3n) is 3.76. The molecule has 2 saturated carbocycles. The molecule has 4 nitrogen and oxygen atoms in total. The second-order valence-electron chi connectivity index (χ2n) is 5.40. The first-order valence-electron chi connectivity index (χ1n) is 7.16. The van der Waals surface area contributed by atoms with Crippen molar-refractivity contribution in [2.45, 2.75) is 63.1 Å². The molecule has 0 saturated heterocycles. The Morgan fingerprint density at radius 2 is 2.17 bits per heavy atom. The van der Waals surface area contributed by atoms with E-state index in [9.17, 15) is 5.26 Å². The zero-order valence-electron chi connectivity index (χ0n) is 11.3. The average molecular weight is 252 g/mol. The second-order valence-corrected chi connectivity index (χ2v) is 5.40. The Morgan fingerprint density at radius 3 is 2.83 bits per heavy atom. The van der Waals surface area contributed by atoms with Gasteiger partial charge in [0.1, 0.15) is 5.54 Å². The molecule has 0 spiro atoms. The van der Waals surface area contributed by atoms with Gasteiger partial charge in [-0.25, -0.2) is 0 Å². The normalized spacial score (nSPS) is 32.1. The van der Waals surface area contributed by atoms with Crippen molar-refractivity contribution in [3.63, 3.8) is 0 Å². The average Bonchev–Trinajstić information content (AvgIpc) is 3.19. The van der Waals surface area contributed by atoms with Crippen molar-refractivity contribution in [3.8, 4) is 6.07 Å². The van der Waals surface area contributed by atoms with Crippen molar-refractivity contribution in [2.75, 3.05) is 19.8 Å². The molecule has 2 atom stereocenters. The van der Waals surface area contributed by atoms with Gasteiger partial charge in [0.15, 0.2) is 0 Å². The highest BCUT2D eigenvalue weighted by molar-refractivity contribution is 5.12. The number of nitrogens with one attached hydrogen (secondary N) is 1. The number of nitriles is 1. The van der Waals surface area contributed by atoms with E-state index in [0.29, 0.717) is 19.3 Å². The van der Waals surface area contributed by atoms with E-state index in [1.165, 1.54) is 12.8 Å². The van der Waals surface area contributed by atoms with Gasteiger partial charge in [0.2, 0.25) is 0 Å². The topological polar surface area (TPSA) is 54.3 Å². The maximum absolute atomic E-state index is 9.45. The largest absolute Gasteiger partial charge is 0.379 e. The Bertz CT molecular complexity index is 299. The van der Waals surface area contributed by atoms with Crippen LogP contribution in [0.3, 0.4) is 0 Å². The Morgan fingerprint density at radius 1 is 1.33 bits per heavy atom. The van der Waals surface area contributed by atoms with Crippen molar-refractivity contribution >= 4 is 0 Å². The van der Waals surface area contributed by atoms with E-state index in [4.69, 9.17) is 9.47 Å². The van der Waals surface area contributed by atoms with Crippen molar-refractivity contribution in [3.05, 3.63) is 0 Å². The minimum Gasteiger partial charge on any atom is -0.379 e. The van der Waals surface area contributed by atoms with Gasteiger partial charge < -0.3 is 9.47 Å². The predicted octanol–water partition coefficient (Wildman–Crippen LogP) is 2.00. The van der Waals surface area contributed by atoms with E-state index in [2.05, 4.69) is 11.4 Å². The fraction of sp³-hybridized carbons (Fsp3) is 0.929. The molecule has 0 radical (unpaired) electrons. The van der Waals surface area contributed by atoms with Gasteiger partial charge in [-0.2, -0.15) is 5.26 Å². The summed E-state index contributed by atoms with van der Waals surface area (Å²) in [5.74, 6) is 0. The van der Waals surface area contributed by atoms with Crippen molar-refractivity contribution in [1.29, 1.82) is 5.26 Å². The molecule has 0 aromatic heterocycles. The predicted molar refractivity (Wildman–Crippen MR) is 69.2 cm³/mol. The molecule has 1 N–H and O–H groups in total. The zero-order chi connectivity index (χ0) is 12.8. The van der Waals surface area contributed by atoms with Gasteiger partial charge in [-0.1, -0.05) is 0 Å². The molecule has 0 aliphatic heterocycles. The van der Waals surface area contributed by atoms with Crippen LogP contribution < -0.4 is 5.32 Å². The smallest absolute Gasteiger partial charge is 0.109 e. The van der Waals surface area contributed by atoms with Crippen LogP contribution >= 0.6 is 0 Å². The molecule has 2 rings (SSSR count). The summed E-state index contributed by atoms with van der Waals surface area (Å²) in [6, 6.07) is 3.07. The molecule has 0 amide bonds. The fourth-order valence-electron chi connectivity index (χ4n) is 2.67. The third kappa shape index (κ3) is 3.94. The van der Waals surface area contributed by atoms with E-state index in [-0.39, 0.29) is 11.6 Å². The van der Waals surface area contributed by atoms with Crippen molar-refractivity contribution in [1.82, 2.24) is 5.32 Å². The Labute approximate surface area is 110 Å². The molecule has 2 unspecified atom stereocenters. The van der Waals surface area contributed by atoms with Crippen LogP contribution in [0.4, 0.5) is 0 Å². The molecule has 4 heteroatoms. The van der Waals surface area contributed by atoms with E-state index >= 15 is 0 Å². The quantitative estimate of drug-likeness (QED) is 0.704. The molecule has 0 bridgehead atoms. The van der Waals surface area contributed by atoms with Gasteiger partial charge in [-0.15, -0.1) is 0 Å². The van der Waals surface area contributed by atoms with Crippen molar-refractivity contribution in [2.24, 2.45) is 0 Å². The van der Waals surface area contributed by atoms with Crippen LogP contribution in [0.1, 0.15) is 45.4 Å². The molecule has 2 aliphatic carbocycles. The molecular formula is C14H24N2O2. The molecule has 18 heavy (non-hydrogen) atoms. The first-order chi connectivity index (χ1) is 8.78. The van der Waals surface area contributed by atoms with Gasteiger partial charge >= 0.3 is 0 Å². The van der Waals surface area contributed by atoms with E-state index in [1.54, 1.807) is 0 Å². The molecule has 2 fully saturated rings. The summed E-state index contributed by atoms with van der Waals surface area (Å²) >= 11 is 0. The number of rotatable bonds is 7. The summed E-state index contributed by atoms with van der Waals surface area (Å²) in [5.41, 5.74) is -0.338. The van der Waals surface area contributed by atoms with Gasteiger partial charge in [0.05, 0.1) is 25.4 Å². The van der Waals surface area contributed by atoms with E-state index in [1.807, 2.05) is 6.92 Å². The number of nitrogens with zero attached hydrogens (tertiary/aromatic N) is 1. The highest BCUT2D eigenvalue weighted by Gasteiger charge is 2.40. The van der Waals surface area contributed by atoms with Crippen LogP contribution in [0.25, 0.3) is 0 Å². The van der Waals surface area contributed by atoms with Gasteiger partial charge in [0.25, 0.3) is 0 Å². The lowest BCUT2D eigenvalue weighted by atomic mass is 9.81. The maximum atomic E-state index is 9.45. The minimum absolute atomic E-state index is 0.213. The van der Waals surface area contributed by atoms with E-state index in [0.717, 1.165) is 32.3 Å². The van der Waals surface area contributed by atoms with Crippen LogP contribution in [0.15, 0.2) is 0 Å². The van der Waals surface area contributed by atoms with Crippen LogP contribution in [0, 0.1) is 11.3 Å². The maximum Gasteiger partial charge on any atom is 0.109 e. The first kappa shape index (κ1) is 13.8. The van der Waals surface area contributed by atoms with Gasteiger partial charge in [-0.3, -0.25) is 5.32 Å². The highest BCUT2D eigenvalue weighted by atomic mass is 16.5. The second kappa shape index (κ2) is 6.51. The van der Waals surface area contributed by atoms with Crippen LogP contribution in [-0.4, -0.2) is 37.5 Å². The van der Waals surface area contributed by atoms with Crippen LogP contribution in [-0.2, 0) is 9.47 Å². The zero-order valence-corrected chi connectivity index (χ0v) is 11.3. The van der Waals surface area contributed by atoms with Gasteiger partial charge in [0, 0.05) is 19.1 Å². The van der Waals surface area contributed by atoms with Crippen molar-refractivity contribution < 1.29 is 9.47 Å². The summed E-state index contributed by atoms with van der Waals surface area (Å²) in [5, 5.41) is 13.0. The summed E-state index contributed by atoms with van der Waals surface area (Å²) in [6.45, 7) is 4.02. The molecule has 102 valence electrons. The van der Waals surface area contributed by atoms with Gasteiger partial charge in [-0.05, 0) is 39.0 Å². The molecule has 0 aromatic rings. The number of hydrogen-bond acceptors (Lipinski definition) is 4. The molecular weight excluding hydrogens is 228 g/mol. The first-order valence-corrected chi connectivity index (χ1v) is 7.16. The Hall–Kier alpha value is -0.630. The van der Waals surface area contributed by atoms with Crippen LogP contribution in [0.2, 0.25) is 0 Å². The SMILES string of the molecule is CCOCCOC1CCCC(C#N)(NC2CC2)C1. The summed E-state index contributed by atoms with van der Waals surface area (Å²) in [6.07, 6.45) is 6.59. The molecule has 2 aliphatic rings. The number of ether oxygens (including phenoxy) is 2. The lowest BCUT2D eigenvalue weighted by Crippen LogP contribution is -2.50. The molecule has 0 aromatic carbocycles. The third-order valence-corrected chi connectivity index (χ3v) is 3.76. The number of hydrogen-bond donors (Lipinski definition) is 1. The van der Waals surface area contributed by atoms with E-state index < -0.39 is 0 Å².